The first-order valence-corrected chi connectivity index (χ1v) is 10.2. The van der Waals surface area contributed by atoms with Crippen LogP contribution in [0.3, 0.4) is 0 Å². The fourth-order valence-corrected chi connectivity index (χ4v) is 4.61. The fraction of sp³-hybridized carbons (Fsp3) is 0.435. The molecule has 3 aliphatic rings. The molecule has 5 nitrogen and oxygen atoms in total. The van der Waals surface area contributed by atoms with E-state index in [1.54, 1.807) is 0 Å². The van der Waals surface area contributed by atoms with Crippen molar-refractivity contribution in [1.82, 2.24) is 10.2 Å². The zero-order valence-electron chi connectivity index (χ0n) is 16.0. The molecule has 3 heterocycles. The molecule has 1 atom stereocenters. The Kier molecular flexibility index (Phi) is 4.47. The number of benzene rings is 2. The molecule has 0 aliphatic carbocycles. The third-order valence-electron chi connectivity index (χ3n) is 6.45. The lowest BCUT2D eigenvalue weighted by molar-refractivity contribution is -0.130. The number of carbonyl (C=O) groups excluding carboxylic acids is 1. The Morgan fingerprint density at radius 3 is 2.46 bits per heavy atom. The van der Waals surface area contributed by atoms with Gasteiger partial charge in [-0.3, -0.25) is 9.69 Å². The predicted molar refractivity (Wildman–Crippen MR) is 106 cm³/mol. The van der Waals surface area contributed by atoms with Crippen LogP contribution in [-0.2, 0) is 11.3 Å². The molecule has 2 fully saturated rings. The molecule has 1 spiro atoms. The Morgan fingerprint density at radius 1 is 1.00 bits per heavy atom. The summed E-state index contributed by atoms with van der Waals surface area (Å²) in [5.41, 5.74) is 2.35. The number of hydrogen-bond donors (Lipinski definition) is 1. The van der Waals surface area contributed by atoms with Crippen molar-refractivity contribution in [3.8, 4) is 11.5 Å². The van der Waals surface area contributed by atoms with Gasteiger partial charge in [0.15, 0.2) is 17.6 Å². The number of para-hydroxylation sites is 2. The standard InChI is InChI=1S/C23H26N2O3/c26-22-23(9-12-24-22)10-13-25(14-11-23)15-17-5-7-18(8-6-17)21-16-27-19-3-1-2-4-20(19)28-21/h1-8,21H,9-16H2,(H,24,26)/t21-/m0/s1. The summed E-state index contributed by atoms with van der Waals surface area (Å²) in [6, 6.07) is 16.5. The summed E-state index contributed by atoms with van der Waals surface area (Å²) in [6.07, 6.45) is 2.88. The highest BCUT2D eigenvalue weighted by Gasteiger charge is 2.44. The van der Waals surface area contributed by atoms with E-state index in [0.717, 1.165) is 62.5 Å². The number of fused-ring (bicyclic) bond motifs is 1. The summed E-state index contributed by atoms with van der Waals surface area (Å²) in [5, 5.41) is 3.01. The van der Waals surface area contributed by atoms with Crippen molar-refractivity contribution in [2.75, 3.05) is 26.2 Å². The van der Waals surface area contributed by atoms with E-state index in [1.807, 2.05) is 24.3 Å². The quantitative estimate of drug-likeness (QED) is 0.890. The maximum absolute atomic E-state index is 12.1. The Labute approximate surface area is 165 Å². The number of nitrogens with one attached hydrogen (secondary N) is 1. The van der Waals surface area contributed by atoms with Crippen molar-refractivity contribution in [3.05, 3.63) is 59.7 Å². The molecule has 0 saturated carbocycles. The average molecular weight is 378 g/mol. The van der Waals surface area contributed by atoms with Crippen LogP contribution in [0, 0.1) is 5.41 Å². The first kappa shape index (κ1) is 17.6. The van der Waals surface area contributed by atoms with E-state index in [2.05, 4.69) is 34.5 Å². The maximum Gasteiger partial charge on any atom is 0.226 e. The molecule has 0 unspecified atom stereocenters. The third-order valence-corrected chi connectivity index (χ3v) is 6.45. The molecule has 1 amide bonds. The van der Waals surface area contributed by atoms with Crippen LogP contribution < -0.4 is 14.8 Å². The summed E-state index contributed by atoms with van der Waals surface area (Å²) in [7, 11) is 0. The van der Waals surface area contributed by atoms with E-state index >= 15 is 0 Å². The second-order valence-electron chi connectivity index (χ2n) is 8.17. The molecular weight excluding hydrogens is 352 g/mol. The number of likely N-dealkylation sites (tertiary alicyclic amines) is 1. The lowest BCUT2D eigenvalue weighted by atomic mass is 9.77. The molecule has 0 aromatic heterocycles. The molecule has 0 bridgehead atoms. The molecule has 2 aromatic rings. The van der Waals surface area contributed by atoms with Gasteiger partial charge < -0.3 is 14.8 Å². The maximum atomic E-state index is 12.1. The fourth-order valence-electron chi connectivity index (χ4n) is 4.61. The molecule has 0 radical (unpaired) electrons. The van der Waals surface area contributed by atoms with Gasteiger partial charge in [0.1, 0.15) is 6.61 Å². The Balaban J connectivity index is 1.19. The van der Waals surface area contributed by atoms with Crippen LogP contribution in [0.5, 0.6) is 11.5 Å². The number of hydrogen-bond acceptors (Lipinski definition) is 4. The monoisotopic (exact) mass is 378 g/mol. The summed E-state index contributed by atoms with van der Waals surface area (Å²) in [4.78, 5) is 14.6. The van der Waals surface area contributed by atoms with E-state index in [-0.39, 0.29) is 17.4 Å². The van der Waals surface area contributed by atoms with Gasteiger partial charge in [-0.1, -0.05) is 36.4 Å². The van der Waals surface area contributed by atoms with Crippen molar-refractivity contribution in [2.45, 2.75) is 31.9 Å². The van der Waals surface area contributed by atoms with Gasteiger partial charge in [-0.15, -0.1) is 0 Å². The van der Waals surface area contributed by atoms with Crippen molar-refractivity contribution < 1.29 is 14.3 Å². The molecule has 3 aliphatic heterocycles. The van der Waals surface area contributed by atoms with Gasteiger partial charge in [-0.2, -0.15) is 0 Å². The van der Waals surface area contributed by atoms with Crippen molar-refractivity contribution in [3.63, 3.8) is 0 Å². The lowest BCUT2D eigenvalue weighted by Gasteiger charge is -2.37. The predicted octanol–water partition coefficient (Wildman–Crippen LogP) is 3.30. The van der Waals surface area contributed by atoms with Crippen molar-refractivity contribution in [2.24, 2.45) is 5.41 Å². The molecule has 146 valence electrons. The Morgan fingerprint density at radius 2 is 1.75 bits per heavy atom. The summed E-state index contributed by atoms with van der Waals surface area (Å²) < 4.78 is 11.9. The second kappa shape index (κ2) is 7.13. The van der Waals surface area contributed by atoms with Gasteiger partial charge >= 0.3 is 0 Å². The minimum atomic E-state index is -0.0883. The molecule has 5 heteroatoms. The number of ether oxygens (including phenoxy) is 2. The highest BCUT2D eigenvalue weighted by molar-refractivity contribution is 5.84. The van der Waals surface area contributed by atoms with Gasteiger partial charge in [0, 0.05) is 13.1 Å². The van der Waals surface area contributed by atoms with E-state index in [4.69, 9.17) is 9.47 Å². The zero-order chi connectivity index (χ0) is 19.0. The SMILES string of the molecule is O=C1NCCC12CCN(Cc1ccc([C@@H]3COc4ccccc4O3)cc1)CC2. The molecule has 1 N–H and O–H groups in total. The van der Waals surface area contributed by atoms with E-state index < -0.39 is 0 Å². The van der Waals surface area contributed by atoms with Gasteiger partial charge in [-0.25, -0.2) is 0 Å². The Bertz CT molecular complexity index is 856. The number of nitrogens with zero attached hydrogens (tertiary/aromatic N) is 1. The van der Waals surface area contributed by atoms with Crippen LogP contribution in [-0.4, -0.2) is 37.0 Å². The van der Waals surface area contributed by atoms with Gasteiger partial charge in [0.25, 0.3) is 0 Å². The van der Waals surface area contributed by atoms with Crippen LogP contribution in [0.2, 0.25) is 0 Å². The van der Waals surface area contributed by atoms with E-state index in [0.29, 0.717) is 6.61 Å². The van der Waals surface area contributed by atoms with E-state index in [9.17, 15) is 4.79 Å². The van der Waals surface area contributed by atoms with Gasteiger partial charge in [0.2, 0.25) is 5.91 Å². The number of rotatable bonds is 3. The number of piperidine rings is 1. The number of carbonyl (C=O) groups is 1. The van der Waals surface area contributed by atoms with Crippen molar-refractivity contribution >= 4 is 5.91 Å². The summed E-state index contributed by atoms with van der Waals surface area (Å²) in [5.74, 6) is 1.89. The van der Waals surface area contributed by atoms with Crippen LogP contribution in [0.1, 0.15) is 36.5 Å². The van der Waals surface area contributed by atoms with Gasteiger partial charge in [-0.05, 0) is 55.6 Å². The minimum Gasteiger partial charge on any atom is -0.485 e. The lowest BCUT2D eigenvalue weighted by Crippen LogP contribution is -2.43. The molecule has 28 heavy (non-hydrogen) atoms. The van der Waals surface area contributed by atoms with Gasteiger partial charge in [0.05, 0.1) is 5.41 Å². The smallest absolute Gasteiger partial charge is 0.226 e. The summed E-state index contributed by atoms with van der Waals surface area (Å²) >= 11 is 0. The van der Waals surface area contributed by atoms with Crippen LogP contribution in [0.25, 0.3) is 0 Å². The second-order valence-corrected chi connectivity index (χ2v) is 8.17. The van der Waals surface area contributed by atoms with Crippen molar-refractivity contribution in [1.29, 1.82) is 0 Å². The normalized spacial score (nSPS) is 23.6. The third kappa shape index (κ3) is 3.24. The largest absolute Gasteiger partial charge is 0.485 e. The molecule has 5 rings (SSSR count). The first-order valence-electron chi connectivity index (χ1n) is 10.2. The molecular formula is C23H26N2O3. The zero-order valence-corrected chi connectivity index (χ0v) is 16.0. The van der Waals surface area contributed by atoms with E-state index in [1.165, 1.54) is 5.56 Å². The highest BCUT2D eigenvalue weighted by Crippen LogP contribution is 2.38. The topological polar surface area (TPSA) is 50.8 Å². The summed E-state index contributed by atoms with van der Waals surface area (Å²) in [6.45, 7) is 4.30. The average Bonchev–Trinajstić information content (AvgIpc) is 3.10. The van der Waals surface area contributed by atoms with Crippen LogP contribution in [0.15, 0.2) is 48.5 Å². The molecule has 2 saturated heterocycles. The Hall–Kier alpha value is -2.53. The van der Waals surface area contributed by atoms with Crippen LogP contribution >= 0.6 is 0 Å². The highest BCUT2D eigenvalue weighted by atomic mass is 16.6. The minimum absolute atomic E-state index is 0.0697. The van der Waals surface area contributed by atoms with Crippen LogP contribution in [0.4, 0.5) is 0 Å². The molecule has 2 aromatic carbocycles. The first-order chi connectivity index (χ1) is 13.7. The number of amides is 1.